The zero-order valence-electron chi connectivity index (χ0n) is 11.6. The molecule has 1 aliphatic rings. The molecule has 0 saturated carbocycles. The first kappa shape index (κ1) is 12.7. The molecule has 0 spiro atoms. The summed E-state index contributed by atoms with van der Waals surface area (Å²) in [6, 6.07) is 7.88. The average Bonchev–Trinajstić information content (AvgIpc) is 2.99. The van der Waals surface area contributed by atoms with Crippen molar-refractivity contribution in [2.45, 2.75) is 26.4 Å². The van der Waals surface area contributed by atoms with Crippen LogP contribution in [-0.2, 0) is 20.1 Å². The lowest BCUT2D eigenvalue weighted by Gasteiger charge is -2.10. The second-order valence-electron chi connectivity index (χ2n) is 5.02. The number of fused-ring (bicyclic) bond motifs is 1. The van der Waals surface area contributed by atoms with Crippen molar-refractivity contribution in [1.29, 1.82) is 0 Å². The summed E-state index contributed by atoms with van der Waals surface area (Å²) in [5.41, 5.74) is 4.88. The van der Waals surface area contributed by atoms with E-state index in [1.54, 1.807) is 0 Å². The molecule has 0 atom stereocenters. The van der Waals surface area contributed by atoms with Crippen molar-refractivity contribution in [3.8, 4) is 5.75 Å². The molecule has 0 fully saturated rings. The summed E-state index contributed by atoms with van der Waals surface area (Å²) in [5, 5.41) is 16.6. The highest BCUT2D eigenvalue weighted by molar-refractivity contribution is 6.04. The fraction of sp³-hybridized carbons (Fsp3) is 0.333. The van der Waals surface area contributed by atoms with Crippen LogP contribution in [0.3, 0.4) is 0 Å². The number of hydrogen-bond donors (Lipinski definition) is 1. The molecule has 20 heavy (non-hydrogen) atoms. The van der Waals surface area contributed by atoms with E-state index < -0.39 is 0 Å². The summed E-state index contributed by atoms with van der Waals surface area (Å²) in [4.78, 5) is 0. The zero-order chi connectivity index (χ0) is 14.1. The van der Waals surface area contributed by atoms with Crippen LogP contribution in [0, 0.1) is 6.92 Å². The van der Waals surface area contributed by atoms with E-state index in [1.807, 2.05) is 42.9 Å². The minimum Gasteiger partial charge on any atom is -0.487 e. The highest BCUT2D eigenvalue weighted by atomic mass is 16.5. The van der Waals surface area contributed by atoms with Crippen molar-refractivity contribution in [3.05, 3.63) is 46.8 Å². The van der Waals surface area contributed by atoms with Gasteiger partial charge in [0, 0.05) is 18.2 Å². The maximum atomic E-state index is 8.99. The van der Waals surface area contributed by atoms with Gasteiger partial charge in [0.25, 0.3) is 0 Å². The molecule has 5 nitrogen and oxygen atoms in total. The van der Waals surface area contributed by atoms with Crippen molar-refractivity contribution < 1.29 is 9.94 Å². The predicted molar refractivity (Wildman–Crippen MR) is 75.4 cm³/mol. The van der Waals surface area contributed by atoms with Gasteiger partial charge in [-0.05, 0) is 31.9 Å². The fourth-order valence-electron chi connectivity index (χ4n) is 2.66. The van der Waals surface area contributed by atoms with Crippen LogP contribution in [0.25, 0.3) is 0 Å². The Balaban J connectivity index is 1.83. The number of ether oxygens (including phenoxy) is 1. The zero-order valence-corrected chi connectivity index (χ0v) is 11.6. The molecule has 104 valence electrons. The number of oxime groups is 1. The second-order valence-corrected chi connectivity index (χ2v) is 5.02. The van der Waals surface area contributed by atoms with Crippen LogP contribution in [-0.4, -0.2) is 20.7 Å². The lowest BCUT2D eigenvalue weighted by molar-refractivity contribution is 0.292. The van der Waals surface area contributed by atoms with Gasteiger partial charge in [-0.25, -0.2) is 0 Å². The van der Waals surface area contributed by atoms with Gasteiger partial charge in [0.1, 0.15) is 12.4 Å². The van der Waals surface area contributed by atoms with Crippen LogP contribution in [0.15, 0.2) is 29.4 Å². The van der Waals surface area contributed by atoms with E-state index in [9.17, 15) is 0 Å². The predicted octanol–water partition coefficient (Wildman–Crippen LogP) is 2.43. The van der Waals surface area contributed by atoms with E-state index in [2.05, 4.69) is 10.3 Å². The molecule has 0 bridgehead atoms. The third-order valence-electron chi connectivity index (χ3n) is 3.65. The van der Waals surface area contributed by atoms with Crippen LogP contribution in [0.1, 0.15) is 28.9 Å². The van der Waals surface area contributed by atoms with E-state index in [-0.39, 0.29) is 0 Å². The summed E-state index contributed by atoms with van der Waals surface area (Å²) in [7, 11) is 1.91. The van der Waals surface area contributed by atoms with E-state index in [1.165, 1.54) is 0 Å². The lowest BCUT2D eigenvalue weighted by atomic mass is 10.1. The average molecular weight is 271 g/mol. The van der Waals surface area contributed by atoms with Crippen molar-refractivity contribution in [2.75, 3.05) is 0 Å². The van der Waals surface area contributed by atoms with E-state index in [4.69, 9.17) is 9.94 Å². The van der Waals surface area contributed by atoms with Gasteiger partial charge in [-0.2, -0.15) is 5.10 Å². The van der Waals surface area contributed by atoms with Crippen molar-refractivity contribution >= 4 is 5.71 Å². The van der Waals surface area contributed by atoms with E-state index >= 15 is 0 Å². The van der Waals surface area contributed by atoms with Gasteiger partial charge in [-0.3, -0.25) is 4.68 Å². The molecule has 0 amide bonds. The Morgan fingerprint density at radius 3 is 2.95 bits per heavy atom. The summed E-state index contributed by atoms with van der Waals surface area (Å²) in [5.74, 6) is 0.861. The van der Waals surface area contributed by atoms with E-state index in [0.29, 0.717) is 6.61 Å². The molecule has 0 saturated heterocycles. The number of rotatable bonds is 3. The summed E-state index contributed by atoms with van der Waals surface area (Å²) in [6.45, 7) is 2.45. The van der Waals surface area contributed by atoms with Crippen LogP contribution < -0.4 is 4.74 Å². The van der Waals surface area contributed by atoms with Gasteiger partial charge in [0.2, 0.25) is 0 Å². The molecule has 3 rings (SSSR count). The topological polar surface area (TPSA) is 59.6 Å². The van der Waals surface area contributed by atoms with Gasteiger partial charge < -0.3 is 9.94 Å². The Kier molecular flexibility index (Phi) is 3.18. The van der Waals surface area contributed by atoms with Gasteiger partial charge in [-0.15, -0.1) is 0 Å². The van der Waals surface area contributed by atoms with E-state index in [0.717, 1.165) is 46.8 Å². The standard InChI is InChI=1S/C15H17N3O2/c1-10-8-11(18(2)16-10)9-20-15-5-3-4-12-13(15)6-7-14(12)17-19/h3-5,8,19H,6-7,9H2,1-2H3. The number of nitrogens with zero attached hydrogens (tertiary/aromatic N) is 3. The van der Waals surface area contributed by atoms with Gasteiger partial charge in [-0.1, -0.05) is 17.3 Å². The highest BCUT2D eigenvalue weighted by Crippen LogP contribution is 2.31. The minimum absolute atomic E-state index is 0.486. The number of aryl methyl sites for hydroxylation is 2. The second kappa shape index (κ2) is 5.00. The molecule has 0 aliphatic heterocycles. The number of aromatic nitrogens is 2. The number of hydrogen-bond acceptors (Lipinski definition) is 4. The Labute approximate surface area is 117 Å². The van der Waals surface area contributed by atoms with Gasteiger partial charge in [0.05, 0.1) is 17.1 Å². The summed E-state index contributed by atoms with van der Waals surface area (Å²) in [6.07, 6.45) is 1.62. The monoisotopic (exact) mass is 271 g/mol. The first-order chi connectivity index (χ1) is 9.69. The first-order valence-corrected chi connectivity index (χ1v) is 6.64. The normalized spacial score (nSPS) is 15.6. The number of benzene rings is 1. The highest BCUT2D eigenvalue weighted by Gasteiger charge is 2.21. The molecule has 1 aromatic carbocycles. The molecule has 2 aromatic rings. The third-order valence-corrected chi connectivity index (χ3v) is 3.65. The molecule has 1 aromatic heterocycles. The summed E-state index contributed by atoms with van der Waals surface area (Å²) < 4.78 is 7.76. The first-order valence-electron chi connectivity index (χ1n) is 6.64. The Morgan fingerprint density at radius 1 is 1.40 bits per heavy atom. The molecule has 0 unspecified atom stereocenters. The molecule has 1 heterocycles. The molecule has 1 N–H and O–H groups in total. The van der Waals surface area contributed by atoms with Crippen LogP contribution in [0.4, 0.5) is 0 Å². The molecule has 5 heteroatoms. The van der Waals surface area contributed by atoms with Gasteiger partial charge in [0.15, 0.2) is 0 Å². The van der Waals surface area contributed by atoms with Crippen LogP contribution in [0.2, 0.25) is 0 Å². The lowest BCUT2D eigenvalue weighted by Crippen LogP contribution is -2.04. The fourth-order valence-corrected chi connectivity index (χ4v) is 2.66. The SMILES string of the molecule is Cc1cc(COc2cccc3c2CCC3=NO)n(C)n1. The molecular weight excluding hydrogens is 254 g/mol. The van der Waals surface area contributed by atoms with Crippen molar-refractivity contribution in [2.24, 2.45) is 12.2 Å². The quantitative estimate of drug-likeness (QED) is 0.689. The Hall–Kier alpha value is -2.30. The summed E-state index contributed by atoms with van der Waals surface area (Å²) >= 11 is 0. The minimum atomic E-state index is 0.486. The Bertz CT molecular complexity index is 674. The van der Waals surface area contributed by atoms with Gasteiger partial charge >= 0.3 is 0 Å². The molecular formula is C15H17N3O2. The maximum absolute atomic E-state index is 8.99. The van der Waals surface area contributed by atoms with Crippen LogP contribution >= 0.6 is 0 Å². The Morgan fingerprint density at radius 2 is 2.25 bits per heavy atom. The maximum Gasteiger partial charge on any atom is 0.130 e. The smallest absolute Gasteiger partial charge is 0.130 e. The third kappa shape index (κ3) is 2.15. The van der Waals surface area contributed by atoms with Crippen molar-refractivity contribution in [1.82, 2.24) is 9.78 Å². The van der Waals surface area contributed by atoms with Crippen LogP contribution in [0.5, 0.6) is 5.75 Å². The molecule has 0 radical (unpaired) electrons. The van der Waals surface area contributed by atoms with Crippen molar-refractivity contribution in [3.63, 3.8) is 0 Å². The molecule has 1 aliphatic carbocycles. The largest absolute Gasteiger partial charge is 0.487 e.